The summed E-state index contributed by atoms with van der Waals surface area (Å²) in [5.74, 6) is -0.648. The average Bonchev–Trinajstić information content (AvgIpc) is 2.69. The van der Waals surface area contributed by atoms with Crippen LogP contribution in [-0.4, -0.2) is 25.6 Å². The number of methoxy groups -OCH3 is 1. The van der Waals surface area contributed by atoms with Crippen LogP contribution in [0.25, 0.3) is 6.08 Å². The number of alkyl halides is 3. The lowest BCUT2D eigenvalue weighted by molar-refractivity contribution is -0.143. The van der Waals surface area contributed by atoms with Gasteiger partial charge in [0.2, 0.25) is 0 Å². The van der Waals surface area contributed by atoms with Crippen LogP contribution in [0.2, 0.25) is 0 Å². The highest BCUT2D eigenvalue weighted by Crippen LogP contribution is 2.29. The van der Waals surface area contributed by atoms with Gasteiger partial charge in [-0.25, -0.2) is 4.79 Å². The van der Waals surface area contributed by atoms with E-state index in [1.165, 1.54) is 18.2 Å². The van der Waals surface area contributed by atoms with E-state index < -0.39 is 30.2 Å². The van der Waals surface area contributed by atoms with Gasteiger partial charge in [0.05, 0.1) is 12.7 Å². The van der Waals surface area contributed by atoms with Crippen molar-refractivity contribution >= 4 is 18.0 Å². The van der Waals surface area contributed by atoms with Crippen LogP contribution in [0, 0.1) is 0 Å². The summed E-state index contributed by atoms with van der Waals surface area (Å²) in [6, 6.07) is 11.6. The van der Waals surface area contributed by atoms with Crippen LogP contribution in [0.4, 0.5) is 13.2 Å². The summed E-state index contributed by atoms with van der Waals surface area (Å²) < 4.78 is 47.7. The molecule has 0 aliphatic heterocycles. The van der Waals surface area contributed by atoms with Gasteiger partial charge >= 0.3 is 12.1 Å². The van der Waals surface area contributed by atoms with E-state index in [4.69, 9.17) is 9.47 Å². The number of ether oxygens (including phenoxy) is 2. The molecule has 28 heavy (non-hydrogen) atoms. The fraction of sp³-hybridized carbons (Fsp3) is 0.200. The molecule has 0 aliphatic carbocycles. The maximum Gasteiger partial charge on any atom is 0.416 e. The highest BCUT2D eigenvalue weighted by Gasteiger charge is 2.30. The minimum atomic E-state index is -4.47. The third-order valence-electron chi connectivity index (χ3n) is 3.62. The molecule has 0 atom stereocenters. The molecular weight excluding hydrogens is 375 g/mol. The minimum Gasteiger partial charge on any atom is -0.497 e. The third-order valence-corrected chi connectivity index (χ3v) is 3.62. The molecule has 1 N–H and O–H groups in total. The zero-order valence-electron chi connectivity index (χ0n) is 15.0. The van der Waals surface area contributed by atoms with Crippen molar-refractivity contribution in [1.29, 1.82) is 0 Å². The zero-order valence-corrected chi connectivity index (χ0v) is 15.0. The minimum absolute atomic E-state index is 0.190. The molecule has 0 spiro atoms. The fourth-order valence-electron chi connectivity index (χ4n) is 2.16. The Morgan fingerprint density at radius 1 is 1.11 bits per heavy atom. The van der Waals surface area contributed by atoms with Gasteiger partial charge in [-0.15, -0.1) is 0 Å². The van der Waals surface area contributed by atoms with Crippen LogP contribution in [0.5, 0.6) is 5.75 Å². The quantitative estimate of drug-likeness (QED) is 0.577. The Kier molecular flexibility index (Phi) is 7.20. The predicted octanol–water partition coefficient (Wildman–Crippen LogP) is 3.59. The molecular formula is C20H18F3NO4. The van der Waals surface area contributed by atoms with Crippen LogP contribution < -0.4 is 10.1 Å². The molecule has 0 fully saturated rings. The van der Waals surface area contributed by atoms with Gasteiger partial charge in [0.15, 0.2) is 6.61 Å². The van der Waals surface area contributed by atoms with Crippen molar-refractivity contribution in [3.8, 4) is 5.75 Å². The predicted molar refractivity (Wildman–Crippen MR) is 96.3 cm³/mol. The van der Waals surface area contributed by atoms with Crippen molar-refractivity contribution in [2.45, 2.75) is 12.7 Å². The Hall–Kier alpha value is -3.29. The Morgan fingerprint density at radius 3 is 2.46 bits per heavy atom. The highest BCUT2D eigenvalue weighted by atomic mass is 19.4. The normalized spacial score (nSPS) is 11.3. The number of hydrogen-bond donors (Lipinski definition) is 1. The topological polar surface area (TPSA) is 64.6 Å². The highest BCUT2D eigenvalue weighted by molar-refractivity contribution is 5.89. The number of amides is 1. The maximum atomic E-state index is 12.6. The number of nitrogens with one attached hydrogen (secondary N) is 1. The second-order valence-electron chi connectivity index (χ2n) is 5.69. The van der Waals surface area contributed by atoms with Crippen LogP contribution >= 0.6 is 0 Å². The van der Waals surface area contributed by atoms with E-state index in [0.717, 1.165) is 23.8 Å². The molecule has 2 aromatic rings. The van der Waals surface area contributed by atoms with Gasteiger partial charge in [-0.3, -0.25) is 4.79 Å². The Balaban J connectivity index is 1.78. The lowest BCUT2D eigenvalue weighted by Crippen LogP contribution is -2.28. The van der Waals surface area contributed by atoms with E-state index in [-0.39, 0.29) is 12.1 Å². The summed E-state index contributed by atoms with van der Waals surface area (Å²) in [7, 11) is 1.55. The first-order chi connectivity index (χ1) is 13.3. The average molecular weight is 393 g/mol. The third kappa shape index (κ3) is 6.79. The van der Waals surface area contributed by atoms with E-state index >= 15 is 0 Å². The van der Waals surface area contributed by atoms with Gasteiger partial charge in [-0.05, 0) is 41.5 Å². The second-order valence-corrected chi connectivity index (χ2v) is 5.69. The molecule has 1 amide bonds. The first-order valence-electron chi connectivity index (χ1n) is 8.19. The molecule has 8 heteroatoms. The Morgan fingerprint density at radius 2 is 1.82 bits per heavy atom. The van der Waals surface area contributed by atoms with Gasteiger partial charge in [0, 0.05) is 12.6 Å². The standard InChI is InChI=1S/C20H18F3NO4/c1-27-17-8-5-15(6-9-17)12-24-18(25)13-28-19(26)10-7-14-3-2-4-16(11-14)20(21,22)23/h2-11H,12-13H2,1H3,(H,24,25)/b10-7+. The van der Waals surface area contributed by atoms with E-state index in [1.54, 1.807) is 31.4 Å². The first-order valence-corrected chi connectivity index (χ1v) is 8.19. The van der Waals surface area contributed by atoms with Gasteiger partial charge < -0.3 is 14.8 Å². The van der Waals surface area contributed by atoms with Crippen molar-refractivity contribution in [1.82, 2.24) is 5.32 Å². The van der Waals surface area contributed by atoms with Crippen LogP contribution in [0.3, 0.4) is 0 Å². The summed E-state index contributed by atoms with van der Waals surface area (Å²) in [6.07, 6.45) is -2.31. The van der Waals surface area contributed by atoms with Crippen LogP contribution in [0.1, 0.15) is 16.7 Å². The molecule has 0 saturated heterocycles. The Labute approximate surface area is 159 Å². The fourth-order valence-corrected chi connectivity index (χ4v) is 2.16. The zero-order chi connectivity index (χ0) is 20.6. The lowest BCUT2D eigenvalue weighted by Gasteiger charge is -2.07. The molecule has 0 saturated carbocycles. The molecule has 2 aromatic carbocycles. The summed E-state index contributed by atoms with van der Waals surface area (Å²) >= 11 is 0. The smallest absolute Gasteiger partial charge is 0.416 e. The van der Waals surface area contributed by atoms with Gasteiger partial charge in [-0.2, -0.15) is 13.2 Å². The number of hydrogen-bond acceptors (Lipinski definition) is 4. The molecule has 0 aromatic heterocycles. The van der Waals surface area contributed by atoms with E-state index in [2.05, 4.69) is 5.32 Å². The molecule has 0 heterocycles. The molecule has 0 radical (unpaired) electrons. The molecule has 5 nitrogen and oxygen atoms in total. The maximum absolute atomic E-state index is 12.6. The largest absolute Gasteiger partial charge is 0.497 e. The van der Waals surface area contributed by atoms with E-state index in [9.17, 15) is 22.8 Å². The number of benzene rings is 2. The van der Waals surface area contributed by atoms with Crippen molar-refractivity contribution < 1.29 is 32.2 Å². The number of carbonyl (C=O) groups excluding carboxylic acids is 2. The molecule has 0 aliphatic rings. The van der Waals surface area contributed by atoms with Crippen molar-refractivity contribution in [2.75, 3.05) is 13.7 Å². The SMILES string of the molecule is COc1ccc(CNC(=O)COC(=O)/C=C/c2cccc(C(F)(F)F)c2)cc1. The molecule has 0 unspecified atom stereocenters. The summed E-state index contributed by atoms with van der Waals surface area (Å²) in [5.41, 5.74) is 0.210. The van der Waals surface area contributed by atoms with Crippen molar-refractivity contribution in [3.05, 3.63) is 71.3 Å². The van der Waals surface area contributed by atoms with Gasteiger partial charge in [0.1, 0.15) is 5.75 Å². The van der Waals surface area contributed by atoms with Gasteiger partial charge in [-0.1, -0.05) is 24.3 Å². The summed E-state index contributed by atoms with van der Waals surface area (Å²) in [4.78, 5) is 23.3. The lowest BCUT2D eigenvalue weighted by atomic mass is 10.1. The van der Waals surface area contributed by atoms with Gasteiger partial charge in [0.25, 0.3) is 5.91 Å². The number of halogens is 3. The molecule has 0 bridgehead atoms. The van der Waals surface area contributed by atoms with E-state index in [0.29, 0.717) is 5.75 Å². The van der Waals surface area contributed by atoms with E-state index in [1.807, 2.05) is 0 Å². The van der Waals surface area contributed by atoms with Crippen molar-refractivity contribution in [3.63, 3.8) is 0 Å². The summed E-state index contributed by atoms with van der Waals surface area (Å²) in [6.45, 7) is -0.248. The second kappa shape index (κ2) is 9.59. The summed E-state index contributed by atoms with van der Waals surface area (Å²) in [5, 5.41) is 2.58. The first kappa shape index (κ1) is 21.0. The van der Waals surface area contributed by atoms with Crippen LogP contribution in [0.15, 0.2) is 54.6 Å². The number of rotatable bonds is 7. The number of esters is 1. The Bertz CT molecular complexity index is 845. The van der Waals surface area contributed by atoms with Crippen molar-refractivity contribution in [2.24, 2.45) is 0 Å². The number of carbonyl (C=O) groups is 2. The monoisotopic (exact) mass is 393 g/mol. The molecule has 2 rings (SSSR count). The van der Waals surface area contributed by atoms with Crippen LogP contribution in [-0.2, 0) is 27.0 Å². The molecule has 148 valence electrons.